The second-order valence-corrected chi connectivity index (χ2v) is 21.4. The van der Waals surface area contributed by atoms with Crippen molar-refractivity contribution >= 4 is 5.97 Å². The van der Waals surface area contributed by atoms with Crippen molar-refractivity contribution in [1.82, 2.24) is 0 Å². The maximum Gasteiger partial charge on any atom is 0.306 e. The number of esters is 1. The standard InChI is InChI=1S/C52H92O6/c1-8-10-11-12-13-14-15-16-17-18-19-20-21-22-23-24-47(53)58-46-36-56-50(49(55)48(46)54)57-41-31-33-51(6)40(35-41)27-28-42-44-30-29-43(52(44,7)34-32-45(42)51)38(5)25-26-39(9-2)37(3)4/h27,37-39,41-46,48-50,54-55H,8-26,28-36H2,1-7H3. The first-order valence-corrected chi connectivity index (χ1v) is 25.4. The van der Waals surface area contributed by atoms with Crippen LogP contribution in [-0.4, -0.2) is 53.5 Å². The summed E-state index contributed by atoms with van der Waals surface area (Å²) in [4.78, 5) is 12.7. The zero-order valence-electron chi connectivity index (χ0n) is 38.8. The highest BCUT2D eigenvalue weighted by atomic mass is 16.7. The van der Waals surface area contributed by atoms with Crippen molar-refractivity contribution in [2.75, 3.05) is 6.61 Å². The van der Waals surface area contributed by atoms with Crippen molar-refractivity contribution in [2.24, 2.45) is 52.3 Å². The molecule has 13 unspecified atom stereocenters. The molecule has 2 N–H and O–H groups in total. The van der Waals surface area contributed by atoms with Crippen molar-refractivity contribution in [3.8, 4) is 0 Å². The molecule has 6 nitrogen and oxygen atoms in total. The van der Waals surface area contributed by atoms with Gasteiger partial charge in [-0.15, -0.1) is 0 Å². The molecular formula is C52H92O6. The van der Waals surface area contributed by atoms with Gasteiger partial charge in [0.25, 0.3) is 0 Å². The Bertz CT molecular complexity index is 1230. The van der Waals surface area contributed by atoms with Crippen LogP contribution >= 0.6 is 0 Å². The zero-order valence-corrected chi connectivity index (χ0v) is 38.8. The third kappa shape index (κ3) is 12.4. The largest absolute Gasteiger partial charge is 0.457 e. The predicted molar refractivity (Wildman–Crippen MR) is 238 cm³/mol. The molecule has 0 aromatic rings. The second kappa shape index (κ2) is 23.5. The van der Waals surface area contributed by atoms with Crippen LogP contribution in [0.2, 0.25) is 0 Å². The van der Waals surface area contributed by atoms with E-state index in [-0.39, 0.29) is 24.1 Å². The van der Waals surface area contributed by atoms with E-state index in [4.69, 9.17) is 14.2 Å². The fraction of sp³-hybridized carbons (Fsp3) is 0.942. The van der Waals surface area contributed by atoms with E-state index in [1.165, 1.54) is 128 Å². The smallest absolute Gasteiger partial charge is 0.306 e. The maximum absolute atomic E-state index is 12.7. The van der Waals surface area contributed by atoms with Gasteiger partial charge in [0.1, 0.15) is 12.2 Å². The van der Waals surface area contributed by atoms with Gasteiger partial charge in [0.2, 0.25) is 0 Å². The summed E-state index contributed by atoms with van der Waals surface area (Å²) in [5.41, 5.74) is 2.25. The Kier molecular flexibility index (Phi) is 19.5. The van der Waals surface area contributed by atoms with Gasteiger partial charge < -0.3 is 24.4 Å². The van der Waals surface area contributed by atoms with Gasteiger partial charge in [0, 0.05) is 6.42 Å². The molecule has 5 rings (SSSR count). The van der Waals surface area contributed by atoms with Crippen LogP contribution in [0.15, 0.2) is 11.6 Å². The molecule has 0 spiro atoms. The molecule has 58 heavy (non-hydrogen) atoms. The van der Waals surface area contributed by atoms with Gasteiger partial charge in [0.15, 0.2) is 12.4 Å². The Morgan fingerprint density at radius 2 is 1.43 bits per heavy atom. The summed E-state index contributed by atoms with van der Waals surface area (Å²) in [5.74, 6) is 5.39. The number of aliphatic hydroxyl groups is 2. The average molecular weight is 813 g/mol. The number of carbonyl (C=O) groups excluding carboxylic acids is 1. The van der Waals surface area contributed by atoms with Crippen LogP contribution in [-0.2, 0) is 19.0 Å². The minimum Gasteiger partial charge on any atom is -0.457 e. The number of unbranched alkanes of at least 4 members (excludes halogenated alkanes) is 14. The molecule has 0 bridgehead atoms. The van der Waals surface area contributed by atoms with E-state index in [2.05, 4.69) is 54.5 Å². The summed E-state index contributed by atoms with van der Waals surface area (Å²) in [6.07, 6.45) is 31.6. The molecule has 6 heteroatoms. The molecule has 336 valence electrons. The first-order valence-electron chi connectivity index (χ1n) is 25.4. The molecule has 1 heterocycles. The Balaban J connectivity index is 0.980. The summed E-state index contributed by atoms with van der Waals surface area (Å²) < 4.78 is 18.0. The molecule has 1 saturated heterocycles. The lowest BCUT2D eigenvalue weighted by molar-refractivity contribution is -0.287. The van der Waals surface area contributed by atoms with Crippen LogP contribution in [0, 0.1) is 52.3 Å². The zero-order chi connectivity index (χ0) is 41.7. The van der Waals surface area contributed by atoms with Gasteiger partial charge in [-0.1, -0.05) is 163 Å². The number of fused-ring (bicyclic) bond motifs is 5. The lowest BCUT2D eigenvalue weighted by Crippen LogP contribution is -2.56. The molecule has 0 amide bonds. The molecule has 3 saturated carbocycles. The number of rotatable bonds is 25. The minimum absolute atomic E-state index is 0.0427. The maximum atomic E-state index is 12.7. The molecule has 5 aliphatic rings. The quantitative estimate of drug-likeness (QED) is 0.0542. The van der Waals surface area contributed by atoms with E-state index in [0.717, 1.165) is 80.0 Å². The van der Waals surface area contributed by atoms with E-state index >= 15 is 0 Å². The van der Waals surface area contributed by atoms with E-state index in [1.807, 2.05) is 0 Å². The highest BCUT2D eigenvalue weighted by Gasteiger charge is 2.59. The number of ether oxygens (including phenoxy) is 3. The lowest BCUT2D eigenvalue weighted by Gasteiger charge is -2.58. The molecule has 13 atom stereocenters. The van der Waals surface area contributed by atoms with Gasteiger partial charge in [-0.05, 0) is 116 Å². The highest BCUT2D eigenvalue weighted by molar-refractivity contribution is 5.69. The topological polar surface area (TPSA) is 85.2 Å². The van der Waals surface area contributed by atoms with Crippen LogP contribution < -0.4 is 0 Å². The van der Waals surface area contributed by atoms with Crippen LogP contribution in [0.4, 0.5) is 0 Å². The third-order valence-electron chi connectivity index (χ3n) is 17.3. The Labute approximate surface area is 357 Å². The molecular weight excluding hydrogens is 721 g/mol. The number of hydrogen-bond acceptors (Lipinski definition) is 6. The molecule has 4 fully saturated rings. The van der Waals surface area contributed by atoms with E-state index < -0.39 is 24.6 Å². The van der Waals surface area contributed by atoms with Crippen molar-refractivity contribution in [2.45, 2.75) is 253 Å². The summed E-state index contributed by atoms with van der Waals surface area (Å²) in [6.45, 7) is 17.3. The Morgan fingerprint density at radius 3 is 2.05 bits per heavy atom. The summed E-state index contributed by atoms with van der Waals surface area (Å²) in [7, 11) is 0. The number of allylic oxidation sites excluding steroid dienone is 1. The van der Waals surface area contributed by atoms with Crippen molar-refractivity contribution in [1.29, 1.82) is 0 Å². The highest BCUT2D eigenvalue weighted by Crippen LogP contribution is 2.67. The van der Waals surface area contributed by atoms with Crippen LogP contribution in [0.3, 0.4) is 0 Å². The normalized spacial score (nSPS) is 35.8. The summed E-state index contributed by atoms with van der Waals surface area (Å²) in [5, 5.41) is 22.1. The number of aliphatic hydroxyl groups excluding tert-OH is 2. The molecule has 0 aromatic carbocycles. The fourth-order valence-electron chi connectivity index (χ4n) is 13.5. The molecule has 1 aliphatic heterocycles. The predicted octanol–water partition coefficient (Wildman–Crippen LogP) is 13.3. The second-order valence-electron chi connectivity index (χ2n) is 21.4. The molecule has 0 aromatic heterocycles. The first kappa shape index (κ1) is 48.1. The van der Waals surface area contributed by atoms with Gasteiger partial charge in [0.05, 0.1) is 12.7 Å². The molecule has 4 aliphatic carbocycles. The Hall–Kier alpha value is -0.950. The van der Waals surface area contributed by atoms with Crippen molar-refractivity contribution in [3.05, 3.63) is 11.6 Å². The fourth-order valence-corrected chi connectivity index (χ4v) is 13.5. The van der Waals surface area contributed by atoms with Crippen LogP contribution in [0.25, 0.3) is 0 Å². The van der Waals surface area contributed by atoms with E-state index in [0.29, 0.717) is 11.8 Å². The minimum atomic E-state index is -1.25. The monoisotopic (exact) mass is 813 g/mol. The summed E-state index contributed by atoms with van der Waals surface area (Å²) in [6, 6.07) is 0. The van der Waals surface area contributed by atoms with Crippen molar-refractivity contribution < 1.29 is 29.2 Å². The SMILES string of the molecule is CCCCCCCCCCCCCCCCCC(=O)OC1COC(OC2CCC3(C)C(=CCC4C3CCC3(C)C(C(C)CCC(CC)C(C)C)CCC43)C2)C(O)C1O. The van der Waals surface area contributed by atoms with Gasteiger partial charge in [-0.2, -0.15) is 0 Å². The first-order chi connectivity index (χ1) is 27.9. The van der Waals surface area contributed by atoms with Gasteiger partial charge >= 0.3 is 5.97 Å². The number of hydrogen-bond donors (Lipinski definition) is 2. The van der Waals surface area contributed by atoms with Gasteiger partial charge in [-0.3, -0.25) is 4.79 Å². The lowest BCUT2D eigenvalue weighted by atomic mass is 9.47. The van der Waals surface area contributed by atoms with Crippen LogP contribution in [0.5, 0.6) is 0 Å². The third-order valence-corrected chi connectivity index (χ3v) is 17.3. The average Bonchev–Trinajstić information content (AvgIpc) is 3.56. The number of carbonyl (C=O) groups is 1. The van der Waals surface area contributed by atoms with Crippen LogP contribution in [0.1, 0.15) is 222 Å². The molecule has 0 radical (unpaired) electrons. The van der Waals surface area contributed by atoms with E-state index in [1.54, 1.807) is 5.57 Å². The Morgan fingerprint density at radius 1 is 0.793 bits per heavy atom. The van der Waals surface area contributed by atoms with Gasteiger partial charge in [-0.25, -0.2) is 0 Å². The van der Waals surface area contributed by atoms with Crippen molar-refractivity contribution in [3.63, 3.8) is 0 Å². The summed E-state index contributed by atoms with van der Waals surface area (Å²) >= 11 is 0. The van der Waals surface area contributed by atoms with E-state index in [9.17, 15) is 15.0 Å².